The van der Waals surface area contributed by atoms with Crippen molar-refractivity contribution in [1.29, 1.82) is 0 Å². The summed E-state index contributed by atoms with van der Waals surface area (Å²) in [6.45, 7) is 4.20. The number of nitrogens with one attached hydrogen (secondary N) is 1. The first-order valence-corrected chi connectivity index (χ1v) is 6.45. The van der Waals surface area contributed by atoms with Crippen LogP contribution in [0.1, 0.15) is 11.3 Å². The van der Waals surface area contributed by atoms with Gasteiger partial charge in [0.05, 0.1) is 10.7 Å². The molecule has 0 aliphatic heterocycles. The van der Waals surface area contributed by atoms with E-state index in [2.05, 4.69) is 5.32 Å². The van der Waals surface area contributed by atoms with Crippen LogP contribution in [0.2, 0.25) is 5.02 Å². The molecule has 0 saturated heterocycles. The quantitative estimate of drug-likeness (QED) is 0.859. The lowest BCUT2D eigenvalue weighted by atomic mass is 10.2. The van der Waals surface area contributed by atoms with Crippen LogP contribution in [0.5, 0.6) is 0 Å². The smallest absolute Gasteiger partial charge is 0.290 e. The zero-order valence-electron chi connectivity index (χ0n) is 11.0. The molecule has 19 heavy (non-hydrogen) atoms. The summed E-state index contributed by atoms with van der Waals surface area (Å²) in [4.78, 5) is 12.0. The fourth-order valence-electron chi connectivity index (χ4n) is 1.81. The van der Waals surface area contributed by atoms with Gasteiger partial charge in [0.1, 0.15) is 0 Å². The summed E-state index contributed by atoms with van der Waals surface area (Å²) in [5, 5.41) is 3.38. The van der Waals surface area contributed by atoms with Gasteiger partial charge in [-0.3, -0.25) is 4.79 Å². The molecule has 0 aliphatic rings. The Hall–Kier alpha value is -1.87. The SMILES string of the molecule is Cc1ccc(NC(=O)C[n+]2ccccc2C)c(Cl)c1. The summed E-state index contributed by atoms with van der Waals surface area (Å²) in [6, 6.07) is 11.4. The second kappa shape index (κ2) is 5.85. The van der Waals surface area contributed by atoms with E-state index in [-0.39, 0.29) is 12.5 Å². The minimum atomic E-state index is -0.0925. The van der Waals surface area contributed by atoms with Crippen molar-refractivity contribution < 1.29 is 9.36 Å². The van der Waals surface area contributed by atoms with Crippen LogP contribution in [-0.2, 0) is 11.3 Å². The molecular formula is C15H16ClN2O+. The molecule has 1 amide bonds. The number of nitrogens with zero attached hydrogens (tertiary/aromatic N) is 1. The number of anilines is 1. The lowest BCUT2D eigenvalue weighted by Gasteiger charge is -2.06. The second-order valence-corrected chi connectivity index (χ2v) is 4.91. The van der Waals surface area contributed by atoms with Crippen LogP contribution in [0, 0.1) is 13.8 Å². The van der Waals surface area contributed by atoms with Crippen LogP contribution < -0.4 is 9.88 Å². The van der Waals surface area contributed by atoms with Gasteiger partial charge in [-0.1, -0.05) is 23.7 Å². The Balaban J connectivity index is 2.08. The summed E-state index contributed by atoms with van der Waals surface area (Å²) in [7, 11) is 0. The Morgan fingerprint density at radius 2 is 2.05 bits per heavy atom. The summed E-state index contributed by atoms with van der Waals surface area (Å²) in [5.74, 6) is -0.0925. The molecule has 0 aliphatic carbocycles. The van der Waals surface area contributed by atoms with Crippen LogP contribution in [0.15, 0.2) is 42.6 Å². The van der Waals surface area contributed by atoms with Gasteiger partial charge in [-0.15, -0.1) is 0 Å². The van der Waals surface area contributed by atoms with E-state index in [0.717, 1.165) is 11.3 Å². The van der Waals surface area contributed by atoms with Crippen molar-refractivity contribution in [3.8, 4) is 0 Å². The molecule has 1 heterocycles. The molecule has 0 atom stereocenters. The van der Waals surface area contributed by atoms with Gasteiger partial charge in [0.2, 0.25) is 6.54 Å². The van der Waals surface area contributed by atoms with Crippen molar-refractivity contribution in [2.45, 2.75) is 20.4 Å². The van der Waals surface area contributed by atoms with Gasteiger partial charge in [0.25, 0.3) is 5.91 Å². The van der Waals surface area contributed by atoms with Crippen LogP contribution >= 0.6 is 11.6 Å². The minimum absolute atomic E-state index is 0.0925. The number of rotatable bonds is 3. The fraction of sp³-hybridized carbons (Fsp3) is 0.200. The number of aryl methyl sites for hydroxylation is 2. The van der Waals surface area contributed by atoms with Gasteiger partial charge in [-0.25, -0.2) is 0 Å². The second-order valence-electron chi connectivity index (χ2n) is 4.50. The topological polar surface area (TPSA) is 33.0 Å². The molecule has 2 rings (SSSR count). The molecule has 0 radical (unpaired) electrons. The Morgan fingerprint density at radius 1 is 1.26 bits per heavy atom. The Kier molecular flexibility index (Phi) is 4.17. The molecule has 1 aromatic heterocycles. The predicted octanol–water partition coefficient (Wildman–Crippen LogP) is 2.88. The van der Waals surface area contributed by atoms with Crippen LogP contribution in [-0.4, -0.2) is 5.91 Å². The van der Waals surface area contributed by atoms with E-state index in [1.54, 1.807) is 0 Å². The average Bonchev–Trinajstić information content (AvgIpc) is 2.36. The molecule has 0 saturated carbocycles. The van der Waals surface area contributed by atoms with Crippen molar-refractivity contribution in [3.63, 3.8) is 0 Å². The lowest BCUT2D eigenvalue weighted by molar-refractivity contribution is -0.690. The number of amides is 1. The Bertz CT molecular complexity index is 611. The molecule has 4 heteroatoms. The number of halogens is 1. The summed E-state index contributed by atoms with van der Waals surface area (Å²) >= 11 is 6.09. The maximum Gasteiger partial charge on any atom is 0.290 e. The van der Waals surface area contributed by atoms with Crippen LogP contribution in [0.3, 0.4) is 0 Å². The third kappa shape index (κ3) is 3.55. The standard InChI is InChI=1S/C15H15ClN2O/c1-11-6-7-14(13(16)9-11)17-15(19)10-18-8-4-3-5-12(18)2/h3-9H,10H2,1-2H3/p+1. The zero-order chi connectivity index (χ0) is 13.8. The van der Waals surface area contributed by atoms with E-state index in [1.807, 2.05) is 61.0 Å². The first kappa shape index (κ1) is 13.6. The first-order valence-electron chi connectivity index (χ1n) is 6.07. The van der Waals surface area contributed by atoms with Crippen molar-refractivity contribution >= 4 is 23.2 Å². The van der Waals surface area contributed by atoms with E-state index in [9.17, 15) is 4.79 Å². The molecule has 2 aromatic rings. The van der Waals surface area contributed by atoms with E-state index in [4.69, 9.17) is 11.6 Å². The van der Waals surface area contributed by atoms with Crippen molar-refractivity contribution in [2.24, 2.45) is 0 Å². The van der Waals surface area contributed by atoms with Gasteiger partial charge < -0.3 is 5.32 Å². The number of benzene rings is 1. The summed E-state index contributed by atoms with van der Waals surface area (Å²) in [6.07, 6.45) is 1.88. The molecule has 0 fully saturated rings. The summed E-state index contributed by atoms with van der Waals surface area (Å²) in [5.41, 5.74) is 2.75. The van der Waals surface area contributed by atoms with Crippen molar-refractivity contribution in [2.75, 3.05) is 5.32 Å². The molecule has 1 aromatic carbocycles. The van der Waals surface area contributed by atoms with Gasteiger partial charge in [0, 0.05) is 19.1 Å². The third-order valence-corrected chi connectivity index (χ3v) is 3.19. The van der Waals surface area contributed by atoms with E-state index < -0.39 is 0 Å². The number of hydrogen-bond donors (Lipinski definition) is 1. The minimum Gasteiger partial charge on any atom is -0.319 e. The normalized spacial score (nSPS) is 10.3. The van der Waals surface area contributed by atoms with E-state index in [1.165, 1.54) is 0 Å². The van der Waals surface area contributed by atoms with E-state index >= 15 is 0 Å². The van der Waals surface area contributed by atoms with Crippen molar-refractivity contribution in [3.05, 3.63) is 58.9 Å². The highest BCUT2D eigenvalue weighted by molar-refractivity contribution is 6.33. The Morgan fingerprint density at radius 3 is 2.74 bits per heavy atom. The molecule has 3 nitrogen and oxygen atoms in total. The highest BCUT2D eigenvalue weighted by atomic mass is 35.5. The average molecular weight is 276 g/mol. The summed E-state index contributed by atoms with van der Waals surface area (Å²) < 4.78 is 1.89. The zero-order valence-corrected chi connectivity index (χ0v) is 11.7. The largest absolute Gasteiger partial charge is 0.319 e. The molecule has 98 valence electrons. The molecule has 0 unspecified atom stereocenters. The highest BCUT2D eigenvalue weighted by Gasteiger charge is 2.13. The maximum absolute atomic E-state index is 12.0. The maximum atomic E-state index is 12.0. The van der Waals surface area contributed by atoms with Gasteiger partial charge in [-0.2, -0.15) is 4.57 Å². The third-order valence-electron chi connectivity index (χ3n) is 2.88. The Labute approximate surface area is 117 Å². The van der Waals surface area contributed by atoms with Gasteiger partial charge in [-0.05, 0) is 24.6 Å². The first-order chi connectivity index (χ1) is 9.06. The molecular weight excluding hydrogens is 260 g/mol. The van der Waals surface area contributed by atoms with Crippen LogP contribution in [0.25, 0.3) is 0 Å². The van der Waals surface area contributed by atoms with Gasteiger partial charge in [0.15, 0.2) is 11.9 Å². The monoisotopic (exact) mass is 275 g/mol. The van der Waals surface area contributed by atoms with E-state index in [0.29, 0.717) is 10.7 Å². The molecule has 0 bridgehead atoms. The number of pyridine rings is 1. The fourth-order valence-corrected chi connectivity index (χ4v) is 2.09. The molecule has 1 N–H and O–H groups in total. The molecule has 0 spiro atoms. The highest BCUT2D eigenvalue weighted by Crippen LogP contribution is 2.22. The number of hydrogen-bond acceptors (Lipinski definition) is 1. The van der Waals surface area contributed by atoms with Gasteiger partial charge >= 0.3 is 0 Å². The van der Waals surface area contributed by atoms with Crippen molar-refractivity contribution in [1.82, 2.24) is 0 Å². The number of aromatic nitrogens is 1. The van der Waals surface area contributed by atoms with Crippen LogP contribution in [0.4, 0.5) is 5.69 Å². The lowest BCUT2D eigenvalue weighted by Crippen LogP contribution is -2.42. The number of carbonyl (C=O) groups is 1. The predicted molar refractivity (Wildman–Crippen MR) is 76.2 cm³/mol. The number of carbonyl (C=O) groups excluding carboxylic acids is 1.